The van der Waals surface area contributed by atoms with Gasteiger partial charge in [0.05, 0.1) is 0 Å². The molecule has 0 spiro atoms. The number of amides is 4. The van der Waals surface area contributed by atoms with Crippen molar-refractivity contribution in [2.45, 2.75) is 0 Å². The molecule has 132 valence electrons. The number of urea groups is 1. The summed E-state index contributed by atoms with van der Waals surface area (Å²) in [6, 6.07) is 8.15. The Morgan fingerprint density at radius 2 is 1.48 bits per heavy atom. The summed E-state index contributed by atoms with van der Waals surface area (Å²) >= 11 is 5.68. The van der Waals surface area contributed by atoms with Gasteiger partial charge in [-0.25, -0.2) is 18.4 Å². The number of nitrogens with one attached hydrogen (secondary N) is 2. The van der Waals surface area contributed by atoms with Crippen molar-refractivity contribution in [2.24, 2.45) is 5.73 Å². The van der Waals surface area contributed by atoms with Gasteiger partial charge < -0.3 is 16.2 Å². The first-order valence-corrected chi connectivity index (χ1v) is 6.88. The van der Waals surface area contributed by atoms with Crippen molar-refractivity contribution in [1.29, 1.82) is 0 Å². The molecule has 0 saturated carbocycles. The monoisotopic (exact) mass is 371 g/mol. The Balaban J connectivity index is 0.000000705. The second kappa shape index (κ2) is 9.18. The van der Waals surface area contributed by atoms with Gasteiger partial charge in [0.25, 0.3) is 5.91 Å². The average molecular weight is 372 g/mol. The zero-order valence-corrected chi connectivity index (χ0v) is 13.2. The van der Waals surface area contributed by atoms with Gasteiger partial charge in [-0.05, 0) is 36.4 Å². The molecule has 0 aliphatic carbocycles. The lowest BCUT2D eigenvalue weighted by atomic mass is 10.2. The quantitative estimate of drug-likeness (QED) is 0.647. The van der Waals surface area contributed by atoms with E-state index in [-0.39, 0.29) is 0 Å². The average Bonchev–Trinajstić information content (AvgIpc) is 2.48. The third-order valence-corrected chi connectivity index (χ3v) is 2.77. The SMILES string of the molecule is NC(=O)O.O=C(NC(=O)c1c(F)cccc1F)Nc1ccc(Cl)cc1. The van der Waals surface area contributed by atoms with E-state index in [9.17, 15) is 18.4 Å². The molecule has 0 saturated heterocycles. The number of primary amides is 1. The lowest BCUT2D eigenvalue weighted by molar-refractivity contribution is 0.0959. The molecule has 0 aliphatic heterocycles. The van der Waals surface area contributed by atoms with E-state index in [0.29, 0.717) is 10.7 Å². The van der Waals surface area contributed by atoms with Crippen LogP contribution in [0.4, 0.5) is 24.1 Å². The summed E-state index contributed by atoms with van der Waals surface area (Å²) in [5, 5.41) is 11.8. The van der Waals surface area contributed by atoms with Crippen molar-refractivity contribution in [3.63, 3.8) is 0 Å². The highest BCUT2D eigenvalue weighted by molar-refractivity contribution is 6.30. The number of halogens is 3. The van der Waals surface area contributed by atoms with Crippen LogP contribution in [-0.2, 0) is 0 Å². The summed E-state index contributed by atoms with van der Waals surface area (Å²) in [7, 11) is 0. The predicted molar refractivity (Wildman–Crippen MR) is 86.5 cm³/mol. The van der Waals surface area contributed by atoms with Crippen LogP contribution in [0.25, 0.3) is 0 Å². The molecule has 2 rings (SSSR count). The number of anilines is 1. The highest BCUT2D eigenvalue weighted by atomic mass is 35.5. The molecule has 5 N–H and O–H groups in total. The second-order valence-electron chi connectivity index (χ2n) is 4.35. The Labute approximate surface area is 145 Å². The molecule has 0 heterocycles. The summed E-state index contributed by atoms with van der Waals surface area (Å²) in [5.41, 5.74) is 3.59. The number of nitrogens with two attached hydrogens (primary N) is 1. The van der Waals surface area contributed by atoms with E-state index in [1.165, 1.54) is 24.3 Å². The maximum atomic E-state index is 13.4. The van der Waals surface area contributed by atoms with Gasteiger partial charge in [-0.2, -0.15) is 0 Å². The molecular weight excluding hydrogens is 360 g/mol. The van der Waals surface area contributed by atoms with Crippen molar-refractivity contribution in [3.05, 3.63) is 64.7 Å². The van der Waals surface area contributed by atoms with Crippen LogP contribution in [0.3, 0.4) is 0 Å². The molecule has 0 radical (unpaired) electrons. The van der Waals surface area contributed by atoms with E-state index in [4.69, 9.17) is 21.5 Å². The fourth-order valence-electron chi connectivity index (χ4n) is 1.58. The van der Waals surface area contributed by atoms with Gasteiger partial charge in [0.15, 0.2) is 0 Å². The van der Waals surface area contributed by atoms with Crippen LogP contribution >= 0.6 is 11.6 Å². The molecule has 0 aromatic heterocycles. The Morgan fingerprint density at radius 1 is 1.00 bits per heavy atom. The summed E-state index contributed by atoms with van der Waals surface area (Å²) < 4.78 is 26.8. The number of benzene rings is 2. The summed E-state index contributed by atoms with van der Waals surface area (Å²) in [6.45, 7) is 0. The molecule has 25 heavy (non-hydrogen) atoms. The molecule has 0 fully saturated rings. The molecule has 0 aliphatic rings. The molecular formula is C15H12ClF2N3O4. The zero-order chi connectivity index (χ0) is 19.0. The van der Waals surface area contributed by atoms with Crippen molar-refractivity contribution >= 4 is 35.3 Å². The fourth-order valence-corrected chi connectivity index (χ4v) is 1.70. The molecule has 4 amide bonds. The van der Waals surface area contributed by atoms with Crippen molar-refractivity contribution in [1.82, 2.24) is 5.32 Å². The van der Waals surface area contributed by atoms with Crippen molar-refractivity contribution < 1.29 is 28.3 Å². The highest BCUT2D eigenvalue weighted by Gasteiger charge is 2.19. The minimum Gasteiger partial charge on any atom is -0.465 e. The maximum absolute atomic E-state index is 13.4. The number of hydrogen-bond acceptors (Lipinski definition) is 3. The smallest absolute Gasteiger partial charge is 0.402 e. The lowest BCUT2D eigenvalue weighted by Gasteiger charge is -2.08. The molecule has 0 atom stereocenters. The van der Waals surface area contributed by atoms with Gasteiger partial charge in [-0.1, -0.05) is 17.7 Å². The normalized spacial score (nSPS) is 9.40. The van der Waals surface area contributed by atoms with Crippen LogP contribution in [0.1, 0.15) is 10.4 Å². The fraction of sp³-hybridized carbons (Fsp3) is 0. The molecule has 10 heteroatoms. The van der Waals surface area contributed by atoms with E-state index in [0.717, 1.165) is 18.2 Å². The van der Waals surface area contributed by atoms with E-state index in [1.54, 1.807) is 0 Å². The third kappa shape index (κ3) is 6.83. The summed E-state index contributed by atoms with van der Waals surface area (Å²) in [4.78, 5) is 32.0. The largest absolute Gasteiger partial charge is 0.465 e. The third-order valence-electron chi connectivity index (χ3n) is 2.52. The number of carboxylic acid groups (broad SMARTS) is 1. The van der Waals surface area contributed by atoms with Crippen LogP contribution in [-0.4, -0.2) is 23.1 Å². The van der Waals surface area contributed by atoms with Crippen LogP contribution in [0.2, 0.25) is 5.02 Å². The molecule has 0 bridgehead atoms. The van der Waals surface area contributed by atoms with Crippen molar-refractivity contribution in [3.8, 4) is 0 Å². The summed E-state index contributed by atoms with van der Waals surface area (Å²) in [5.74, 6) is -3.27. The number of carbonyl (C=O) groups is 3. The first-order chi connectivity index (χ1) is 11.7. The van der Waals surface area contributed by atoms with E-state index < -0.39 is 35.2 Å². The number of rotatable bonds is 2. The van der Waals surface area contributed by atoms with Crippen LogP contribution in [0.15, 0.2) is 42.5 Å². The maximum Gasteiger partial charge on any atom is 0.402 e. The highest BCUT2D eigenvalue weighted by Crippen LogP contribution is 2.14. The van der Waals surface area contributed by atoms with Gasteiger partial charge >= 0.3 is 12.1 Å². The molecule has 7 nitrogen and oxygen atoms in total. The number of hydrogen-bond donors (Lipinski definition) is 4. The Hall–Kier alpha value is -3.20. The second-order valence-corrected chi connectivity index (χ2v) is 4.79. The first kappa shape index (κ1) is 19.8. The van der Waals surface area contributed by atoms with Crippen LogP contribution in [0.5, 0.6) is 0 Å². The van der Waals surface area contributed by atoms with E-state index in [1.807, 2.05) is 5.32 Å². The van der Waals surface area contributed by atoms with Gasteiger partial charge in [-0.15, -0.1) is 0 Å². The topological polar surface area (TPSA) is 122 Å². The standard InChI is InChI=1S/C14H9ClF2N2O2.CH3NO2/c15-8-4-6-9(7-5-8)18-14(21)19-13(20)12-10(16)2-1-3-11(12)17;2-1(3)4/h1-7H,(H2,18,19,20,21);2H2,(H,3,4). The molecule has 0 unspecified atom stereocenters. The van der Waals surface area contributed by atoms with Gasteiger partial charge in [0.2, 0.25) is 0 Å². The Kier molecular flexibility index (Phi) is 7.29. The number of imide groups is 1. The van der Waals surface area contributed by atoms with Crippen LogP contribution < -0.4 is 16.4 Å². The minimum atomic E-state index is -1.33. The van der Waals surface area contributed by atoms with E-state index >= 15 is 0 Å². The first-order valence-electron chi connectivity index (χ1n) is 6.51. The van der Waals surface area contributed by atoms with Gasteiger partial charge in [0.1, 0.15) is 17.2 Å². The van der Waals surface area contributed by atoms with Gasteiger partial charge in [-0.3, -0.25) is 10.1 Å². The lowest BCUT2D eigenvalue weighted by Crippen LogP contribution is -2.35. The summed E-state index contributed by atoms with van der Waals surface area (Å²) in [6.07, 6.45) is -1.33. The zero-order valence-electron chi connectivity index (χ0n) is 12.4. The Bertz CT molecular complexity index is 761. The van der Waals surface area contributed by atoms with Gasteiger partial charge in [0, 0.05) is 10.7 Å². The molecule has 2 aromatic carbocycles. The molecule has 2 aromatic rings. The Morgan fingerprint density at radius 3 is 1.96 bits per heavy atom. The minimum absolute atomic E-state index is 0.374. The van der Waals surface area contributed by atoms with Crippen molar-refractivity contribution in [2.75, 3.05) is 5.32 Å². The predicted octanol–water partition coefficient (Wildman–Crippen LogP) is 3.20. The number of carbonyl (C=O) groups excluding carboxylic acids is 2. The van der Waals surface area contributed by atoms with E-state index in [2.05, 4.69) is 11.1 Å². The van der Waals surface area contributed by atoms with Crippen LogP contribution in [0, 0.1) is 11.6 Å².